The maximum atomic E-state index is 11.1. The van der Waals surface area contributed by atoms with Crippen LogP contribution < -0.4 is 11.1 Å². The van der Waals surface area contributed by atoms with Crippen molar-refractivity contribution in [3.05, 3.63) is 30.6 Å². The maximum absolute atomic E-state index is 11.1. The lowest BCUT2D eigenvalue weighted by Gasteiger charge is -2.05. The van der Waals surface area contributed by atoms with Crippen LogP contribution in [0.3, 0.4) is 0 Å². The van der Waals surface area contributed by atoms with E-state index >= 15 is 0 Å². The molecule has 0 fully saturated rings. The van der Waals surface area contributed by atoms with Crippen molar-refractivity contribution in [3.8, 4) is 5.69 Å². The summed E-state index contributed by atoms with van der Waals surface area (Å²) in [6, 6.07) is 7.14. The second-order valence-electron chi connectivity index (χ2n) is 3.06. The zero-order valence-corrected chi connectivity index (χ0v) is 8.37. The van der Waals surface area contributed by atoms with Gasteiger partial charge in [0, 0.05) is 5.69 Å². The van der Waals surface area contributed by atoms with E-state index < -0.39 is 0 Å². The second kappa shape index (κ2) is 4.49. The first kappa shape index (κ1) is 10.2. The molecule has 16 heavy (non-hydrogen) atoms. The Bertz CT molecular complexity index is 481. The Morgan fingerprint density at radius 3 is 3.06 bits per heavy atom. The molecule has 0 unspecified atom stereocenters. The molecule has 0 bridgehead atoms. The lowest BCUT2D eigenvalue weighted by molar-refractivity contribution is -0.114. The van der Waals surface area contributed by atoms with E-state index in [9.17, 15) is 4.79 Å². The summed E-state index contributed by atoms with van der Waals surface area (Å²) in [5.41, 5.74) is 6.62. The number of anilines is 1. The molecule has 2 aromatic rings. The SMILES string of the molecule is NCC(=O)Nc1cccc(-n2cnnn2)c1. The van der Waals surface area contributed by atoms with Gasteiger partial charge in [0.15, 0.2) is 0 Å². The summed E-state index contributed by atoms with van der Waals surface area (Å²) in [5, 5.41) is 13.5. The Morgan fingerprint density at radius 1 is 1.50 bits per heavy atom. The van der Waals surface area contributed by atoms with E-state index in [-0.39, 0.29) is 12.5 Å². The first-order valence-corrected chi connectivity index (χ1v) is 4.63. The highest BCUT2D eigenvalue weighted by molar-refractivity contribution is 5.92. The molecule has 1 amide bonds. The Morgan fingerprint density at radius 2 is 2.38 bits per heavy atom. The number of carbonyl (C=O) groups is 1. The molecule has 82 valence electrons. The highest BCUT2D eigenvalue weighted by Gasteiger charge is 2.02. The van der Waals surface area contributed by atoms with Crippen LogP contribution in [0.15, 0.2) is 30.6 Å². The first-order valence-electron chi connectivity index (χ1n) is 4.63. The van der Waals surface area contributed by atoms with E-state index in [1.54, 1.807) is 18.2 Å². The third-order valence-corrected chi connectivity index (χ3v) is 1.93. The van der Waals surface area contributed by atoms with Gasteiger partial charge < -0.3 is 11.1 Å². The molecule has 0 radical (unpaired) electrons. The number of aromatic nitrogens is 4. The normalized spacial score (nSPS) is 10.1. The van der Waals surface area contributed by atoms with Crippen LogP contribution in [0.5, 0.6) is 0 Å². The summed E-state index contributed by atoms with van der Waals surface area (Å²) < 4.78 is 1.50. The Kier molecular flexibility index (Phi) is 2.88. The molecule has 3 N–H and O–H groups in total. The molecule has 2 rings (SSSR count). The van der Waals surface area contributed by atoms with Gasteiger partial charge in [-0.15, -0.1) is 5.10 Å². The fourth-order valence-corrected chi connectivity index (χ4v) is 1.22. The standard InChI is InChI=1S/C9H10N6O/c10-5-9(16)12-7-2-1-3-8(4-7)15-6-11-13-14-15/h1-4,6H,5,10H2,(H,12,16). The van der Waals surface area contributed by atoms with Crippen LogP contribution in [-0.2, 0) is 4.79 Å². The summed E-state index contributed by atoms with van der Waals surface area (Å²) in [6.45, 7) is -0.0465. The summed E-state index contributed by atoms with van der Waals surface area (Å²) in [5.74, 6) is -0.242. The Balaban J connectivity index is 2.23. The van der Waals surface area contributed by atoms with E-state index in [0.717, 1.165) is 5.69 Å². The molecule has 1 heterocycles. The highest BCUT2D eigenvalue weighted by Crippen LogP contribution is 2.12. The third kappa shape index (κ3) is 2.20. The van der Waals surface area contributed by atoms with E-state index in [1.165, 1.54) is 11.0 Å². The molecule has 7 nitrogen and oxygen atoms in total. The average molecular weight is 218 g/mol. The number of nitrogens with two attached hydrogens (primary N) is 1. The minimum atomic E-state index is -0.242. The zero-order valence-electron chi connectivity index (χ0n) is 8.37. The molecule has 0 saturated heterocycles. The highest BCUT2D eigenvalue weighted by atomic mass is 16.1. The van der Waals surface area contributed by atoms with Gasteiger partial charge in [0.2, 0.25) is 5.91 Å². The molecular formula is C9H10N6O. The molecule has 0 aliphatic carbocycles. The van der Waals surface area contributed by atoms with Crippen LogP contribution in [-0.4, -0.2) is 32.7 Å². The minimum absolute atomic E-state index is 0.0465. The average Bonchev–Trinajstić information content (AvgIpc) is 2.83. The predicted molar refractivity (Wildman–Crippen MR) is 56.8 cm³/mol. The lowest BCUT2D eigenvalue weighted by atomic mass is 10.3. The second-order valence-corrected chi connectivity index (χ2v) is 3.06. The van der Waals surface area contributed by atoms with E-state index in [4.69, 9.17) is 5.73 Å². The van der Waals surface area contributed by atoms with Crippen LogP contribution >= 0.6 is 0 Å². The molecule has 0 atom stereocenters. The van der Waals surface area contributed by atoms with Crippen molar-refractivity contribution >= 4 is 11.6 Å². The van der Waals surface area contributed by atoms with Gasteiger partial charge in [0.05, 0.1) is 12.2 Å². The smallest absolute Gasteiger partial charge is 0.238 e. The first-order chi connectivity index (χ1) is 7.79. The number of tetrazole rings is 1. The van der Waals surface area contributed by atoms with Crippen molar-refractivity contribution in [3.63, 3.8) is 0 Å². The van der Waals surface area contributed by atoms with Crippen molar-refractivity contribution < 1.29 is 4.79 Å². The predicted octanol–water partition coefficient (Wildman–Crippen LogP) is -0.441. The van der Waals surface area contributed by atoms with E-state index in [1.807, 2.05) is 6.07 Å². The van der Waals surface area contributed by atoms with Gasteiger partial charge in [-0.05, 0) is 28.6 Å². The molecule has 1 aromatic carbocycles. The topological polar surface area (TPSA) is 98.7 Å². The zero-order chi connectivity index (χ0) is 11.4. The van der Waals surface area contributed by atoms with Gasteiger partial charge in [-0.25, -0.2) is 4.68 Å². The Labute approximate surface area is 91.3 Å². The quantitative estimate of drug-likeness (QED) is 0.727. The van der Waals surface area contributed by atoms with Crippen molar-refractivity contribution in [2.24, 2.45) is 5.73 Å². The lowest BCUT2D eigenvalue weighted by Crippen LogP contribution is -2.21. The molecular weight excluding hydrogens is 208 g/mol. The van der Waals surface area contributed by atoms with Gasteiger partial charge in [0.25, 0.3) is 0 Å². The maximum Gasteiger partial charge on any atom is 0.238 e. The summed E-state index contributed by atoms with van der Waals surface area (Å²) in [7, 11) is 0. The van der Waals surface area contributed by atoms with Gasteiger partial charge in [-0.1, -0.05) is 6.07 Å². The number of benzene rings is 1. The van der Waals surface area contributed by atoms with Crippen LogP contribution in [0.4, 0.5) is 5.69 Å². The number of hydrogen-bond acceptors (Lipinski definition) is 5. The van der Waals surface area contributed by atoms with Crippen LogP contribution in [0, 0.1) is 0 Å². The summed E-state index contributed by atoms with van der Waals surface area (Å²) in [4.78, 5) is 11.1. The summed E-state index contributed by atoms with van der Waals surface area (Å²) in [6.07, 6.45) is 1.48. The number of nitrogens with zero attached hydrogens (tertiary/aromatic N) is 4. The minimum Gasteiger partial charge on any atom is -0.325 e. The number of carbonyl (C=O) groups excluding carboxylic acids is 1. The molecule has 0 aliphatic rings. The van der Waals surface area contributed by atoms with Gasteiger partial charge in [0.1, 0.15) is 6.33 Å². The third-order valence-electron chi connectivity index (χ3n) is 1.93. The number of nitrogens with one attached hydrogen (secondary N) is 1. The van der Waals surface area contributed by atoms with Gasteiger partial charge >= 0.3 is 0 Å². The van der Waals surface area contributed by atoms with E-state index in [0.29, 0.717) is 5.69 Å². The van der Waals surface area contributed by atoms with Crippen LogP contribution in [0.2, 0.25) is 0 Å². The molecule has 0 aliphatic heterocycles. The van der Waals surface area contributed by atoms with E-state index in [2.05, 4.69) is 20.8 Å². The number of hydrogen-bond donors (Lipinski definition) is 2. The van der Waals surface area contributed by atoms with Crippen molar-refractivity contribution in [1.29, 1.82) is 0 Å². The monoisotopic (exact) mass is 218 g/mol. The van der Waals surface area contributed by atoms with Crippen molar-refractivity contribution in [2.45, 2.75) is 0 Å². The number of amides is 1. The van der Waals surface area contributed by atoms with Gasteiger partial charge in [-0.3, -0.25) is 4.79 Å². The molecule has 1 aromatic heterocycles. The van der Waals surface area contributed by atoms with Crippen LogP contribution in [0.25, 0.3) is 5.69 Å². The molecule has 0 saturated carbocycles. The Hall–Kier alpha value is -2.28. The summed E-state index contributed by atoms with van der Waals surface area (Å²) >= 11 is 0. The number of rotatable bonds is 3. The van der Waals surface area contributed by atoms with Crippen molar-refractivity contribution in [1.82, 2.24) is 20.2 Å². The largest absolute Gasteiger partial charge is 0.325 e. The van der Waals surface area contributed by atoms with Crippen LogP contribution in [0.1, 0.15) is 0 Å². The fraction of sp³-hybridized carbons (Fsp3) is 0.111. The van der Waals surface area contributed by atoms with Crippen molar-refractivity contribution in [2.75, 3.05) is 11.9 Å². The fourth-order valence-electron chi connectivity index (χ4n) is 1.22. The molecule has 0 spiro atoms. The van der Waals surface area contributed by atoms with Gasteiger partial charge in [-0.2, -0.15) is 0 Å². The molecule has 7 heteroatoms.